The van der Waals surface area contributed by atoms with Gasteiger partial charge in [0.2, 0.25) is 0 Å². The quantitative estimate of drug-likeness (QED) is 0.381. The third-order valence-corrected chi connectivity index (χ3v) is 6.33. The minimum Gasteiger partial charge on any atom is -0.478 e. The first kappa shape index (κ1) is 21.6. The van der Waals surface area contributed by atoms with Crippen LogP contribution in [0.1, 0.15) is 43.0 Å². The van der Waals surface area contributed by atoms with Crippen molar-refractivity contribution in [3.63, 3.8) is 0 Å². The molecule has 30 heavy (non-hydrogen) atoms. The molecule has 0 spiro atoms. The van der Waals surface area contributed by atoms with E-state index in [1.54, 1.807) is 48.5 Å². The molecule has 0 saturated heterocycles. The number of sulfonamides is 1. The summed E-state index contributed by atoms with van der Waals surface area (Å²) in [5, 5.41) is 14.1. The van der Waals surface area contributed by atoms with Crippen LogP contribution in [-0.4, -0.2) is 26.0 Å². The fraction of sp³-hybridized carbons (Fsp3) is 0.261. The summed E-state index contributed by atoms with van der Waals surface area (Å²) in [5.74, 6) is -1.19. The van der Waals surface area contributed by atoms with Gasteiger partial charge in [-0.3, -0.25) is 4.72 Å². The SMILES string of the molecule is CCCCCCNc1ccccc1S(=O)(=O)Nc1ccc2ccccc2c1C(=O)O. The van der Waals surface area contributed by atoms with E-state index in [4.69, 9.17) is 0 Å². The number of unbranched alkanes of at least 4 members (excludes halogenated alkanes) is 3. The van der Waals surface area contributed by atoms with Crippen molar-refractivity contribution in [1.82, 2.24) is 0 Å². The van der Waals surface area contributed by atoms with E-state index in [9.17, 15) is 18.3 Å². The van der Waals surface area contributed by atoms with Gasteiger partial charge < -0.3 is 10.4 Å². The lowest BCUT2D eigenvalue weighted by atomic mass is 10.0. The van der Waals surface area contributed by atoms with Crippen LogP contribution in [0.2, 0.25) is 0 Å². The van der Waals surface area contributed by atoms with Crippen molar-refractivity contribution in [1.29, 1.82) is 0 Å². The normalized spacial score (nSPS) is 11.4. The second-order valence-corrected chi connectivity index (χ2v) is 8.75. The van der Waals surface area contributed by atoms with E-state index in [0.717, 1.165) is 31.1 Å². The molecule has 0 aliphatic carbocycles. The van der Waals surface area contributed by atoms with Crippen molar-refractivity contribution in [3.05, 3.63) is 66.2 Å². The maximum Gasteiger partial charge on any atom is 0.338 e. The molecule has 3 rings (SSSR count). The molecule has 0 aliphatic rings. The Morgan fingerprint density at radius 3 is 2.40 bits per heavy atom. The minimum atomic E-state index is -3.99. The van der Waals surface area contributed by atoms with Crippen molar-refractivity contribution in [2.75, 3.05) is 16.6 Å². The summed E-state index contributed by atoms with van der Waals surface area (Å²) in [5.41, 5.74) is 0.472. The Morgan fingerprint density at radius 2 is 1.63 bits per heavy atom. The van der Waals surface area contributed by atoms with E-state index < -0.39 is 16.0 Å². The van der Waals surface area contributed by atoms with E-state index in [0.29, 0.717) is 17.6 Å². The molecule has 0 aliphatic heterocycles. The predicted octanol–water partition coefficient (Wildman–Crippen LogP) is 5.33. The van der Waals surface area contributed by atoms with Gasteiger partial charge in [-0.15, -0.1) is 0 Å². The number of aromatic carboxylic acids is 1. The van der Waals surface area contributed by atoms with Gasteiger partial charge in [-0.05, 0) is 35.4 Å². The molecule has 0 amide bonds. The highest BCUT2D eigenvalue weighted by Crippen LogP contribution is 2.30. The Bertz CT molecular complexity index is 1140. The zero-order valence-electron chi connectivity index (χ0n) is 16.9. The smallest absolute Gasteiger partial charge is 0.338 e. The lowest BCUT2D eigenvalue weighted by molar-refractivity contribution is 0.0700. The molecule has 0 fully saturated rings. The van der Waals surface area contributed by atoms with Gasteiger partial charge in [-0.2, -0.15) is 0 Å². The van der Waals surface area contributed by atoms with Crippen LogP contribution in [0.25, 0.3) is 10.8 Å². The van der Waals surface area contributed by atoms with Crippen LogP contribution in [-0.2, 0) is 10.0 Å². The summed E-state index contributed by atoms with van der Waals surface area (Å²) in [4.78, 5) is 12.0. The molecule has 0 saturated carbocycles. The van der Waals surface area contributed by atoms with Gasteiger partial charge in [-0.1, -0.05) is 68.7 Å². The van der Waals surface area contributed by atoms with E-state index in [-0.39, 0.29) is 16.1 Å². The summed E-state index contributed by atoms with van der Waals surface area (Å²) in [6, 6.07) is 16.8. The highest BCUT2D eigenvalue weighted by Gasteiger charge is 2.22. The van der Waals surface area contributed by atoms with E-state index in [1.807, 2.05) is 0 Å². The first-order valence-electron chi connectivity index (χ1n) is 10.0. The standard InChI is InChI=1S/C23H26N2O4S/c1-2-3-4-9-16-24-19-12-7-8-13-21(19)30(28,29)25-20-15-14-17-10-5-6-11-18(17)22(20)23(26)27/h5-8,10-15,24-25H,2-4,9,16H2,1H3,(H,26,27). The number of carboxylic acids is 1. The Balaban J connectivity index is 1.91. The van der Waals surface area contributed by atoms with Gasteiger partial charge in [0.05, 0.1) is 16.9 Å². The van der Waals surface area contributed by atoms with Crippen LogP contribution < -0.4 is 10.0 Å². The van der Waals surface area contributed by atoms with Crippen LogP contribution in [0.5, 0.6) is 0 Å². The highest BCUT2D eigenvalue weighted by molar-refractivity contribution is 7.92. The summed E-state index contributed by atoms with van der Waals surface area (Å²) in [6.07, 6.45) is 4.30. The monoisotopic (exact) mass is 426 g/mol. The van der Waals surface area contributed by atoms with Crippen molar-refractivity contribution in [3.8, 4) is 0 Å². The third-order valence-electron chi connectivity index (χ3n) is 4.91. The molecular formula is C23H26N2O4S. The topological polar surface area (TPSA) is 95.5 Å². The Hall–Kier alpha value is -3.06. The van der Waals surface area contributed by atoms with Crippen molar-refractivity contribution >= 4 is 38.1 Å². The van der Waals surface area contributed by atoms with Gasteiger partial charge in [-0.25, -0.2) is 13.2 Å². The average molecular weight is 427 g/mol. The second-order valence-electron chi connectivity index (χ2n) is 7.10. The minimum absolute atomic E-state index is 0.0407. The van der Waals surface area contributed by atoms with Crippen molar-refractivity contribution < 1.29 is 18.3 Å². The number of benzene rings is 3. The molecule has 0 atom stereocenters. The second kappa shape index (κ2) is 9.63. The van der Waals surface area contributed by atoms with Gasteiger partial charge in [0.1, 0.15) is 4.90 Å². The van der Waals surface area contributed by atoms with Crippen LogP contribution in [0, 0.1) is 0 Å². The average Bonchev–Trinajstić information content (AvgIpc) is 2.73. The Labute approximate surface area is 177 Å². The zero-order chi connectivity index (χ0) is 21.6. The number of hydrogen-bond acceptors (Lipinski definition) is 4. The number of para-hydroxylation sites is 1. The molecule has 0 radical (unpaired) electrons. The first-order valence-corrected chi connectivity index (χ1v) is 11.5. The van der Waals surface area contributed by atoms with Crippen molar-refractivity contribution in [2.24, 2.45) is 0 Å². The van der Waals surface area contributed by atoms with E-state index in [1.165, 1.54) is 12.1 Å². The molecule has 3 aromatic carbocycles. The van der Waals surface area contributed by atoms with Gasteiger partial charge in [0, 0.05) is 6.54 Å². The lowest BCUT2D eigenvalue weighted by Gasteiger charge is -2.16. The predicted molar refractivity (Wildman–Crippen MR) is 121 cm³/mol. The Kier molecular flexibility index (Phi) is 6.95. The molecule has 0 aromatic heterocycles. The fourth-order valence-electron chi connectivity index (χ4n) is 3.41. The van der Waals surface area contributed by atoms with Gasteiger partial charge >= 0.3 is 5.97 Å². The molecule has 3 N–H and O–H groups in total. The molecule has 6 nitrogen and oxygen atoms in total. The number of carboxylic acid groups (broad SMARTS) is 1. The van der Waals surface area contributed by atoms with Gasteiger partial charge in [0.25, 0.3) is 10.0 Å². The molecule has 7 heteroatoms. The van der Waals surface area contributed by atoms with Crippen LogP contribution >= 0.6 is 0 Å². The molecule has 0 unspecified atom stereocenters. The van der Waals surface area contributed by atoms with Crippen molar-refractivity contribution in [2.45, 2.75) is 37.5 Å². The number of carbonyl (C=O) groups is 1. The fourth-order valence-corrected chi connectivity index (χ4v) is 4.67. The number of hydrogen-bond donors (Lipinski definition) is 3. The van der Waals surface area contributed by atoms with E-state index in [2.05, 4.69) is 17.0 Å². The zero-order valence-corrected chi connectivity index (χ0v) is 17.7. The third kappa shape index (κ3) is 4.91. The number of fused-ring (bicyclic) bond motifs is 1. The maximum atomic E-state index is 13.1. The molecular weight excluding hydrogens is 400 g/mol. The summed E-state index contributed by atoms with van der Waals surface area (Å²) < 4.78 is 28.7. The summed E-state index contributed by atoms with van der Waals surface area (Å²) >= 11 is 0. The molecule has 0 heterocycles. The van der Waals surface area contributed by atoms with Crippen LogP contribution in [0.4, 0.5) is 11.4 Å². The maximum absolute atomic E-state index is 13.1. The Morgan fingerprint density at radius 1 is 0.900 bits per heavy atom. The summed E-state index contributed by atoms with van der Waals surface area (Å²) in [6.45, 7) is 2.81. The first-order chi connectivity index (χ1) is 14.4. The number of rotatable bonds is 10. The van der Waals surface area contributed by atoms with Crippen LogP contribution in [0.15, 0.2) is 65.6 Å². The lowest BCUT2D eigenvalue weighted by Crippen LogP contribution is -2.18. The van der Waals surface area contributed by atoms with E-state index >= 15 is 0 Å². The molecule has 0 bridgehead atoms. The van der Waals surface area contributed by atoms with Crippen LogP contribution in [0.3, 0.4) is 0 Å². The van der Waals surface area contributed by atoms with Gasteiger partial charge in [0.15, 0.2) is 0 Å². The number of anilines is 2. The highest BCUT2D eigenvalue weighted by atomic mass is 32.2. The molecule has 3 aromatic rings. The summed E-state index contributed by atoms with van der Waals surface area (Å²) in [7, 11) is -3.99. The largest absolute Gasteiger partial charge is 0.478 e. The number of nitrogens with one attached hydrogen (secondary N) is 2. The molecule has 158 valence electrons.